The van der Waals surface area contributed by atoms with E-state index < -0.39 is 5.97 Å². The van der Waals surface area contributed by atoms with Crippen LogP contribution in [0.2, 0.25) is 0 Å². The molecule has 3 aromatic rings. The molecule has 2 aliphatic rings. The van der Waals surface area contributed by atoms with E-state index in [9.17, 15) is 20.3 Å². The van der Waals surface area contributed by atoms with E-state index in [1.54, 1.807) is 18.2 Å². The first-order chi connectivity index (χ1) is 14.0. The molecule has 6 nitrogen and oxygen atoms in total. The van der Waals surface area contributed by atoms with Crippen molar-refractivity contribution in [1.82, 2.24) is 0 Å². The first kappa shape index (κ1) is 17.7. The van der Waals surface area contributed by atoms with E-state index in [1.165, 1.54) is 11.1 Å². The van der Waals surface area contributed by atoms with Crippen molar-refractivity contribution in [2.24, 2.45) is 5.92 Å². The molecule has 29 heavy (non-hydrogen) atoms. The second kappa shape index (κ2) is 6.62. The molecule has 1 heterocycles. The van der Waals surface area contributed by atoms with Crippen molar-refractivity contribution in [3.05, 3.63) is 94.5 Å². The van der Waals surface area contributed by atoms with Crippen molar-refractivity contribution in [3.8, 4) is 0 Å². The largest absolute Gasteiger partial charge is 0.478 e. The predicted molar refractivity (Wildman–Crippen MR) is 108 cm³/mol. The molecule has 1 aliphatic heterocycles. The number of rotatable bonds is 3. The van der Waals surface area contributed by atoms with Crippen molar-refractivity contribution in [2.45, 2.75) is 18.4 Å². The molecule has 0 saturated heterocycles. The zero-order valence-corrected chi connectivity index (χ0v) is 15.5. The van der Waals surface area contributed by atoms with Gasteiger partial charge in [0.15, 0.2) is 0 Å². The minimum Gasteiger partial charge on any atom is -0.478 e. The van der Waals surface area contributed by atoms with Crippen LogP contribution >= 0.6 is 0 Å². The van der Waals surface area contributed by atoms with Crippen molar-refractivity contribution in [1.29, 1.82) is 0 Å². The van der Waals surface area contributed by atoms with Crippen LogP contribution in [-0.4, -0.2) is 21.5 Å². The third kappa shape index (κ3) is 2.85. The van der Waals surface area contributed by atoms with Crippen molar-refractivity contribution < 1.29 is 20.3 Å². The van der Waals surface area contributed by atoms with Crippen LogP contribution in [0.5, 0.6) is 0 Å². The van der Waals surface area contributed by atoms with Gasteiger partial charge in [-0.05, 0) is 64.9 Å². The van der Waals surface area contributed by atoms with E-state index in [-0.39, 0.29) is 28.7 Å². The number of hydrogen-bond acceptors (Lipinski definition) is 5. The van der Waals surface area contributed by atoms with E-state index in [0.717, 1.165) is 23.2 Å². The van der Waals surface area contributed by atoms with Gasteiger partial charge in [0, 0.05) is 11.6 Å². The molecule has 3 atom stereocenters. The third-order valence-electron chi connectivity index (χ3n) is 6.13. The zero-order valence-electron chi connectivity index (χ0n) is 15.5. The molecule has 0 fully saturated rings. The van der Waals surface area contributed by atoms with Gasteiger partial charge in [-0.25, -0.2) is 4.79 Å². The lowest BCUT2D eigenvalue weighted by atomic mass is 9.75. The maximum absolute atomic E-state index is 11.2. The Balaban J connectivity index is 1.63. The quantitative estimate of drug-likeness (QED) is 0.496. The Morgan fingerprint density at radius 3 is 2.45 bits per heavy atom. The summed E-state index contributed by atoms with van der Waals surface area (Å²) in [6.07, 6.45) is 0.894. The fraction of sp³-hybridized carbons (Fsp3) is 0.174. The number of aromatic carboxylic acids is 1. The molecule has 146 valence electrons. The first-order valence-corrected chi connectivity index (χ1v) is 9.52. The van der Waals surface area contributed by atoms with E-state index in [2.05, 4.69) is 17.4 Å². The van der Waals surface area contributed by atoms with E-state index in [4.69, 9.17) is 0 Å². The van der Waals surface area contributed by atoms with Gasteiger partial charge in [-0.2, -0.15) is 0 Å². The van der Waals surface area contributed by atoms with Gasteiger partial charge < -0.3 is 10.4 Å². The average molecular weight is 388 g/mol. The summed E-state index contributed by atoms with van der Waals surface area (Å²) < 4.78 is 0. The topological polar surface area (TPSA) is 93.0 Å². The SMILES string of the molecule is O=C(O)c1ccc(C2Nc3ccc(N(O)O)cc3C3c4ccccc4CC23)cc1. The van der Waals surface area contributed by atoms with Crippen LogP contribution in [0.25, 0.3) is 0 Å². The van der Waals surface area contributed by atoms with Gasteiger partial charge in [-0.15, -0.1) is 5.23 Å². The molecule has 1 aliphatic carbocycles. The Kier molecular flexibility index (Phi) is 4.04. The summed E-state index contributed by atoms with van der Waals surface area (Å²) in [6.45, 7) is 0. The molecule has 0 radical (unpaired) electrons. The number of carboxylic acids is 1. The molecule has 4 N–H and O–H groups in total. The molecule has 0 amide bonds. The number of anilines is 2. The molecule has 0 bridgehead atoms. The average Bonchev–Trinajstić information content (AvgIpc) is 3.12. The molecule has 0 aromatic heterocycles. The van der Waals surface area contributed by atoms with Crippen molar-refractivity contribution in [3.63, 3.8) is 0 Å². The summed E-state index contributed by atoms with van der Waals surface area (Å²) in [5.74, 6) is -0.585. The highest BCUT2D eigenvalue weighted by Gasteiger charge is 2.43. The normalized spacial score (nSPS) is 21.5. The number of nitrogens with one attached hydrogen (secondary N) is 1. The molecule has 3 unspecified atom stereocenters. The second-order valence-corrected chi connectivity index (χ2v) is 7.65. The summed E-state index contributed by atoms with van der Waals surface area (Å²) in [4.78, 5) is 11.2. The van der Waals surface area contributed by atoms with Crippen LogP contribution in [0.1, 0.15) is 44.6 Å². The van der Waals surface area contributed by atoms with Crippen molar-refractivity contribution >= 4 is 17.3 Å². The molecule has 5 rings (SSSR count). The standard InChI is InChI=1S/C23H20N2O4/c26-23(27)14-7-5-13(6-8-14)22-19-11-15-3-1-2-4-17(15)21(19)18-12-16(25(28)29)9-10-20(18)24-22/h1-10,12,19,21-22,24,28-29H,11H2,(H,26,27). The molecular weight excluding hydrogens is 368 g/mol. The highest BCUT2D eigenvalue weighted by Crippen LogP contribution is 2.54. The van der Waals surface area contributed by atoms with Gasteiger partial charge in [0.25, 0.3) is 0 Å². The van der Waals surface area contributed by atoms with Crippen LogP contribution < -0.4 is 10.5 Å². The Morgan fingerprint density at radius 1 is 0.966 bits per heavy atom. The smallest absolute Gasteiger partial charge is 0.335 e. The number of nitrogens with zero attached hydrogens (tertiary/aromatic N) is 1. The fourth-order valence-electron chi connectivity index (χ4n) is 4.84. The third-order valence-corrected chi connectivity index (χ3v) is 6.13. The number of carbonyl (C=O) groups is 1. The number of benzene rings is 3. The highest BCUT2D eigenvalue weighted by molar-refractivity contribution is 5.87. The lowest BCUT2D eigenvalue weighted by molar-refractivity contribution is 0.0291. The van der Waals surface area contributed by atoms with E-state index in [1.807, 2.05) is 36.4 Å². The Morgan fingerprint density at radius 2 is 1.72 bits per heavy atom. The van der Waals surface area contributed by atoms with Crippen LogP contribution in [0, 0.1) is 5.92 Å². The second-order valence-electron chi connectivity index (χ2n) is 7.65. The minimum absolute atomic E-state index is 0.0213. The summed E-state index contributed by atoms with van der Waals surface area (Å²) in [5.41, 5.74) is 6.15. The van der Waals surface area contributed by atoms with Crippen LogP contribution in [0.4, 0.5) is 11.4 Å². The lowest BCUT2D eigenvalue weighted by Crippen LogP contribution is -2.30. The summed E-state index contributed by atoms with van der Waals surface area (Å²) in [5, 5.41) is 31.9. The van der Waals surface area contributed by atoms with Gasteiger partial charge >= 0.3 is 5.97 Å². The van der Waals surface area contributed by atoms with Crippen molar-refractivity contribution in [2.75, 3.05) is 10.5 Å². The lowest BCUT2D eigenvalue weighted by Gasteiger charge is -2.38. The van der Waals surface area contributed by atoms with E-state index in [0.29, 0.717) is 5.69 Å². The van der Waals surface area contributed by atoms with E-state index >= 15 is 0 Å². The Labute approximate surface area is 167 Å². The summed E-state index contributed by atoms with van der Waals surface area (Å²) in [6, 6.07) is 20.8. The van der Waals surface area contributed by atoms with Gasteiger partial charge in [0.05, 0.1) is 17.3 Å². The molecule has 3 aromatic carbocycles. The fourth-order valence-corrected chi connectivity index (χ4v) is 4.84. The Bertz CT molecular complexity index is 1090. The van der Waals surface area contributed by atoms with Crippen LogP contribution in [-0.2, 0) is 6.42 Å². The number of hydrogen-bond donors (Lipinski definition) is 4. The van der Waals surface area contributed by atoms with Gasteiger partial charge in [-0.3, -0.25) is 10.4 Å². The van der Waals surface area contributed by atoms with Crippen LogP contribution in [0.3, 0.4) is 0 Å². The molecular formula is C23H20N2O4. The monoisotopic (exact) mass is 388 g/mol. The van der Waals surface area contributed by atoms with Gasteiger partial charge in [0.2, 0.25) is 0 Å². The molecule has 0 spiro atoms. The Hall–Kier alpha value is -3.35. The highest BCUT2D eigenvalue weighted by atomic mass is 16.8. The molecule has 6 heteroatoms. The summed E-state index contributed by atoms with van der Waals surface area (Å²) >= 11 is 0. The minimum atomic E-state index is -0.935. The summed E-state index contributed by atoms with van der Waals surface area (Å²) in [7, 11) is 0. The maximum atomic E-state index is 11.2. The predicted octanol–water partition coefficient (Wildman–Crippen LogP) is 4.44. The first-order valence-electron chi connectivity index (χ1n) is 9.52. The van der Waals surface area contributed by atoms with Crippen LogP contribution in [0.15, 0.2) is 66.7 Å². The number of carboxylic acid groups (broad SMARTS) is 1. The van der Waals surface area contributed by atoms with Gasteiger partial charge in [-0.1, -0.05) is 36.4 Å². The maximum Gasteiger partial charge on any atom is 0.335 e. The van der Waals surface area contributed by atoms with Gasteiger partial charge in [0.1, 0.15) is 0 Å². The molecule has 0 saturated carbocycles. The zero-order chi connectivity index (χ0) is 20.1. The number of fused-ring (bicyclic) bond motifs is 5.